The van der Waals surface area contributed by atoms with Crippen LogP contribution in [0.1, 0.15) is 21.6 Å². The molecule has 0 bridgehead atoms. The van der Waals surface area contributed by atoms with Gasteiger partial charge < -0.3 is 5.32 Å². The molecule has 0 fully saturated rings. The summed E-state index contributed by atoms with van der Waals surface area (Å²) in [6, 6.07) is 15.7. The molecule has 0 saturated heterocycles. The molecule has 2 aromatic carbocycles. The highest BCUT2D eigenvalue weighted by atomic mass is 127. The zero-order chi connectivity index (χ0) is 17.1. The first-order valence-corrected chi connectivity index (χ1v) is 8.46. The van der Waals surface area contributed by atoms with Crippen LogP contribution in [0.2, 0.25) is 0 Å². The first-order valence-electron chi connectivity index (χ1n) is 7.38. The number of anilines is 1. The zero-order valence-corrected chi connectivity index (χ0v) is 15.1. The number of carbonyl (C=O) groups excluding carboxylic acids is 1. The average molecular weight is 435 g/mol. The number of carbonyl (C=O) groups is 1. The SMILES string of the molecule is Cc1cc(NC(=O)c2ccccc2I)nn1Cc1ccccc1F. The molecule has 3 aromatic rings. The molecule has 0 unspecified atom stereocenters. The van der Waals surface area contributed by atoms with Gasteiger partial charge in [-0.3, -0.25) is 9.48 Å². The molecule has 24 heavy (non-hydrogen) atoms. The molecular formula is C18H15FIN3O. The lowest BCUT2D eigenvalue weighted by molar-refractivity contribution is 0.102. The van der Waals surface area contributed by atoms with Crippen molar-refractivity contribution in [3.8, 4) is 0 Å². The van der Waals surface area contributed by atoms with Crippen LogP contribution in [-0.2, 0) is 6.54 Å². The minimum atomic E-state index is -0.267. The van der Waals surface area contributed by atoms with E-state index >= 15 is 0 Å². The molecule has 1 aromatic heterocycles. The lowest BCUT2D eigenvalue weighted by Crippen LogP contribution is -2.14. The summed E-state index contributed by atoms with van der Waals surface area (Å²) in [5.74, 6) is -0.0270. The fourth-order valence-electron chi connectivity index (χ4n) is 2.35. The van der Waals surface area contributed by atoms with Crippen molar-refractivity contribution in [3.63, 3.8) is 0 Å². The third-order valence-corrected chi connectivity index (χ3v) is 4.56. The predicted molar refractivity (Wildman–Crippen MR) is 99.6 cm³/mol. The maximum absolute atomic E-state index is 13.8. The fourth-order valence-corrected chi connectivity index (χ4v) is 2.98. The fraction of sp³-hybridized carbons (Fsp3) is 0.111. The molecule has 122 valence electrons. The summed E-state index contributed by atoms with van der Waals surface area (Å²) in [7, 11) is 0. The first-order chi connectivity index (χ1) is 11.5. The summed E-state index contributed by atoms with van der Waals surface area (Å²) < 4.78 is 16.3. The highest BCUT2D eigenvalue weighted by molar-refractivity contribution is 14.1. The van der Waals surface area contributed by atoms with Crippen molar-refractivity contribution in [1.82, 2.24) is 9.78 Å². The number of aryl methyl sites for hydroxylation is 1. The van der Waals surface area contributed by atoms with E-state index in [-0.39, 0.29) is 11.7 Å². The Kier molecular flexibility index (Phi) is 4.94. The van der Waals surface area contributed by atoms with Crippen LogP contribution < -0.4 is 5.32 Å². The number of amides is 1. The lowest BCUT2D eigenvalue weighted by atomic mass is 10.2. The van der Waals surface area contributed by atoms with Crippen LogP contribution in [0.25, 0.3) is 0 Å². The Hall–Kier alpha value is -2.22. The Morgan fingerprint density at radius 3 is 2.67 bits per heavy atom. The minimum Gasteiger partial charge on any atom is -0.305 e. The molecule has 0 aliphatic rings. The molecule has 3 rings (SSSR count). The van der Waals surface area contributed by atoms with Crippen molar-refractivity contribution >= 4 is 34.3 Å². The van der Waals surface area contributed by atoms with Crippen LogP contribution in [0.15, 0.2) is 54.6 Å². The Labute approximate surface area is 152 Å². The summed E-state index contributed by atoms with van der Waals surface area (Å²) in [5.41, 5.74) is 2.00. The maximum Gasteiger partial charge on any atom is 0.257 e. The summed E-state index contributed by atoms with van der Waals surface area (Å²) in [6.45, 7) is 2.19. The van der Waals surface area contributed by atoms with Crippen molar-refractivity contribution in [2.24, 2.45) is 0 Å². The van der Waals surface area contributed by atoms with Crippen LogP contribution in [0.3, 0.4) is 0 Å². The first kappa shape index (κ1) is 16.6. The van der Waals surface area contributed by atoms with Gasteiger partial charge in [0.2, 0.25) is 0 Å². The predicted octanol–water partition coefficient (Wildman–Crippen LogP) is 4.24. The lowest BCUT2D eigenvalue weighted by Gasteiger charge is -2.06. The van der Waals surface area contributed by atoms with Gasteiger partial charge >= 0.3 is 0 Å². The van der Waals surface area contributed by atoms with Crippen LogP contribution >= 0.6 is 22.6 Å². The molecule has 4 nitrogen and oxygen atoms in total. The number of hydrogen-bond acceptors (Lipinski definition) is 2. The van der Waals surface area contributed by atoms with E-state index in [2.05, 4.69) is 33.0 Å². The van der Waals surface area contributed by atoms with Crippen LogP contribution in [0.5, 0.6) is 0 Å². The normalized spacial score (nSPS) is 10.6. The Morgan fingerprint density at radius 1 is 1.21 bits per heavy atom. The van der Waals surface area contributed by atoms with E-state index in [9.17, 15) is 9.18 Å². The van der Waals surface area contributed by atoms with Gasteiger partial charge in [0.15, 0.2) is 5.82 Å². The molecule has 0 aliphatic heterocycles. The third-order valence-electron chi connectivity index (χ3n) is 3.62. The van der Waals surface area contributed by atoms with Gasteiger partial charge in [-0.25, -0.2) is 4.39 Å². The van der Waals surface area contributed by atoms with Gasteiger partial charge in [-0.15, -0.1) is 0 Å². The molecule has 0 radical (unpaired) electrons. The molecular weight excluding hydrogens is 420 g/mol. The molecule has 0 aliphatic carbocycles. The highest BCUT2D eigenvalue weighted by Crippen LogP contribution is 2.16. The zero-order valence-electron chi connectivity index (χ0n) is 13.0. The molecule has 1 amide bonds. The van der Waals surface area contributed by atoms with Crippen molar-refractivity contribution < 1.29 is 9.18 Å². The van der Waals surface area contributed by atoms with Gasteiger partial charge in [-0.2, -0.15) is 5.10 Å². The second-order valence-electron chi connectivity index (χ2n) is 5.35. The second-order valence-corrected chi connectivity index (χ2v) is 6.52. The van der Waals surface area contributed by atoms with E-state index < -0.39 is 0 Å². The van der Waals surface area contributed by atoms with Crippen molar-refractivity contribution in [2.75, 3.05) is 5.32 Å². The third kappa shape index (κ3) is 3.64. The number of hydrogen-bond donors (Lipinski definition) is 1. The maximum atomic E-state index is 13.8. The van der Waals surface area contributed by atoms with Gasteiger partial charge in [0.05, 0.1) is 12.1 Å². The summed E-state index contributed by atoms with van der Waals surface area (Å²) in [4.78, 5) is 12.3. The highest BCUT2D eigenvalue weighted by Gasteiger charge is 2.13. The van der Waals surface area contributed by atoms with Crippen LogP contribution in [0.4, 0.5) is 10.2 Å². The number of nitrogens with one attached hydrogen (secondary N) is 1. The average Bonchev–Trinajstić information content (AvgIpc) is 2.89. The van der Waals surface area contributed by atoms with E-state index in [1.165, 1.54) is 6.07 Å². The summed E-state index contributed by atoms with van der Waals surface area (Å²) in [5, 5.41) is 7.15. The van der Waals surface area contributed by atoms with Crippen molar-refractivity contribution in [1.29, 1.82) is 0 Å². The van der Waals surface area contributed by atoms with Crippen LogP contribution in [-0.4, -0.2) is 15.7 Å². The van der Waals surface area contributed by atoms with E-state index in [1.807, 2.05) is 25.1 Å². The van der Waals surface area contributed by atoms with Gasteiger partial charge in [0.1, 0.15) is 5.82 Å². The number of aromatic nitrogens is 2. The summed E-state index contributed by atoms with van der Waals surface area (Å²) in [6.07, 6.45) is 0. The molecule has 0 spiro atoms. The monoisotopic (exact) mass is 435 g/mol. The molecule has 6 heteroatoms. The standard InChI is InChI=1S/C18H15FIN3O/c1-12-10-17(21-18(24)14-7-3-5-9-16(14)20)22-23(12)11-13-6-2-4-8-15(13)19/h2-10H,11H2,1H3,(H,21,22,24). The van der Waals surface area contributed by atoms with Gasteiger partial charge in [0.25, 0.3) is 5.91 Å². The van der Waals surface area contributed by atoms with Crippen molar-refractivity contribution in [2.45, 2.75) is 13.5 Å². The van der Waals surface area contributed by atoms with E-state index in [4.69, 9.17) is 0 Å². The molecule has 1 heterocycles. The number of rotatable bonds is 4. The van der Waals surface area contributed by atoms with E-state index in [1.54, 1.807) is 35.0 Å². The smallest absolute Gasteiger partial charge is 0.257 e. The Bertz CT molecular complexity index is 891. The van der Waals surface area contributed by atoms with Gasteiger partial charge in [-0.05, 0) is 47.7 Å². The van der Waals surface area contributed by atoms with Crippen LogP contribution in [0, 0.1) is 16.3 Å². The Morgan fingerprint density at radius 2 is 1.92 bits per heavy atom. The minimum absolute atomic E-state index is 0.212. The second kappa shape index (κ2) is 7.12. The number of nitrogens with zero attached hydrogens (tertiary/aromatic N) is 2. The van der Waals surface area contributed by atoms with Gasteiger partial charge in [0, 0.05) is 20.9 Å². The van der Waals surface area contributed by atoms with Gasteiger partial charge in [-0.1, -0.05) is 30.3 Å². The number of benzene rings is 2. The molecule has 0 atom stereocenters. The number of halogens is 2. The van der Waals surface area contributed by atoms with E-state index in [0.29, 0.717) is 23.5 Å². The van der Waals surface area contributed by atoms with E-state index in [0.717, 1.165) is 9.26 Å². The topological polar surface area (TPSA) is 46.9 Å². The molecule has 0 saturated carbocycles. The quantitative estimate of drug-likeness (QED) is 0.624. The Balaban J connectivity index is 1.78. The van der Waals surface area contributed by atoms with Crippen molar-refractivity contribution in [3.05, 3.63) is 80.8 Å². The largest absolute Gasteiger partial charge is 0.305 e. The molecule has 1 N–H and O–H groups in total. The summed E-state index contributed by atoms with van der Waals surface area (Å²) >= 11 is 2.12.